The van der Waals surface area contributed by atoms with E-state index in [1.54, 1.807) is 6.20 Å². The lowest BCUT2D eigenvalue weighted by Crippen LogP contribution is -2.48. The molecule has 7 heteroatoms. The van der Waals surface area contributed by atoms with Gasteiger partial charge in [0.25, 0.3) is 0 Å². The number of carboxylic acids is 1. The van der Waals surface area contributed by atoms with Crippen LogP contribution in [0.5, 0.6) is 0 Å². The van der Waals surface area contributed by atoms with E-state index in [1.165, 1.54) is 12.7 Å². The van der Waals surface area contributed by atoms with Crippen molar-refractivity contribution in [3.8, 4) is 0 Å². The van der Waals surface area contributed by atoms with Crippen molar-refractivity contribution < 1.29 is 14.7 Å². The molecule has 1 aliphatic carbocycles. The van der Waals surface area contributed by atoms with Crippen molar-refractivity contribution in [1.82, 2.24) is 20.6 Å². The number of aromatic nitrogens is 2. The molecule has 21 heavy (non-hydrogen) atoms. The molecule has 0 aromatic carbocycles. The topological polar surface area (TPSA) is 107 Å². The largest absolute Gasteiger partial charge is 0.480 e. The first-order valence-corrected chi connectivity index (χ1v) is 7.29. The number of hydrogen-bond donors (Lipinski definition) is 4. The maximum absolute atomic E-state index is 11.8. The normalized spacial score (nSPS) is 22.7. The number of carbonyl (C=O) groups is 2. The molecule has 4 N–H and O–H groups in total. The molecule has 1 aromatic rings. The molecular formula is C14H22N4O3. The molecule has 0 bridgehead atoms. The van der Waals surface area contributed by atoms with Gasteiger partial charge in [0.1, 0.15) is 6.04 Å². The van der Waals surface area contributed by atoms with Crippen molar-refractivity contribution in [2.75, 3.05) is 6.54 Å². The SMILES string of the molecule is CC1CCC(CNC(=O)N[C@H](Cc2cnc[nH]2)C(=O)O)C1. The first-order valence-electron chi connectivity index (χ1n) is 7.29. The first-order chi connectivity index (χ1) is 10.0. The molecule has 1 heterocycles. The number of nitrogens with one attached hydrogen (secondary N) is 3. The third-order valence-corrected chi connectivity index (χ3v) is 3.94. The minimum atomic E-state index is -1.06. The monoisotopic (exact) mass is 294 g/mol. The molecule has 0 aliphatic heterocycles. The van der Waals surface area contributed by atoms with Gasteiger partial charge in [0.2, 0.25) is 0 Å². The van der Waals surface area contributed by atoms with Crippen molar-refractivity contribution in [3.63, 3.8) is 0 Å². The Kier molecular flexibility index (Phi) is 5.19. The second kappa shape index (κ2) is 7.10. The molecule has 1 aliphatic rings. The zero-order chi connectivity index (χ0) is 15.2. The van der Waals surface area contributed by atoms with Crippen LogP contribution in [0, 0.1) is 11.8 Å². The van der Waals surface area contributed by atoms with Crippen LogP contribution >= 0.6 is 0 Å². The Morgan fingerprint density at radius 1 is 1.52 bits per heavy atom. The molecule has 2 rings (SSSR count). The smallest absolute Gasteiger partial charge is 0.326 e. The Hall–Kier alpha value is -2.05. The molecule has 1 fully saturated rings. The van der Waals surface area contributed by atoms with E-state index in [0.717, 1.165) is 12.8 Å². The minimum absolute atomic E-state index is 0.184. The molecule has 2 amide bonds. The van der Waals surface area contributed by atoms with Gasteiger partial charge < -0.3 is 20.7 Å². The van der Waals surface area contributed by atoms with Crippen molar-refractivity contribution in [2.24, 2.45) is 11.8 Å². The quantitative estimate of drug-likeness (QED) is 0.631. The summed E-state index contributed by atoms with van der Waals surface area (Å²) in [7, 11) is 0. The maximum atomic E-state index is 11.8. The van der Waals surface area contributed by atoms with Crippen molar-refractivity contribution >= 4 is 12.0 Å². The van der Waals surface area contributed by atoms with E-state index in [2.05, 4.69) is 27.5 Å². The summed E-state index contributed by atoms with van der Waals surface area (Å²) in [5.41, 5.74) is 0.673. The number of nitrogens with zero attached hydrogens (tertiary/aromatic N) is 1. The molecule has 7 nitrogen and oxygen atoms in total. The number of rotatable bonds is 6. The highest BCUT2D eigenvalue weighted by Gasteiger charge is 2.24. The summed E-state index contributed by atoms with van der Waals surface area (Å²) in [5.74, 6) is 0.155. The van der Waals surface area contributed by atoms with Crippen LogP contribution in [0.4, 0.5) is 4.79 Å². The second-order valence-electron chi connectivity index (χ2n) is 5.81. The lowest BCUT2D eigenvalue weighted by molar-refractivity contribution is -0.139. The fraction of sp³-hybridized carbons (Fsp3) is 0.643. The molecule has 1 saturated carbocycles. The molecular weight excluding hydrogens is 272 g/mol. The van der Waals surface area contributed by atoms with Gasteiger partial charge in [-0.1, -0.05) is 13.3 Å². The summed E-state index contributed by atoms with van der Waals surface area (Å²) in [5, 5.41) is 14.4. The molecule has 0 saturated heterocycles. The summed E-state index contributed by atoms with van der Waals surface area (Å²) < 4.78 is 0. The second-order valence-corrected chi connectivity index (χ2v) is 5.81. The molecule has 0 radical (unpaired) electrons. The number of aliphatic carboxylic acids is 1. The lowest BCUT2D eigenvalue weighted by Gasteiger charge is -2.16. The summed E-state index contributed by atoms with van der Waals surface area (Å²) in [6.07, 6.45) is 6.66. The number of hydrogen-bond acceptors (Lipinski definition) is 3. The van der Waals surface area contributed by atoms with Crippen molar-refractivity contribution in [1.29, 1.82) is 0 Å². The zero-order valence-electron chi connectivity index (χ0n) is 12.1. The van der Waals surface area contributed by atoms with Crippen LogP contribution in [-0.2, 0) is 11.2 Å². The van der Waals surface area contributed by atoms with Crippen LogP contribution in [0.1, 0.15) is 31.9 Å². The van der Waals surface area contributed by atoms with Gasteiger partial charge in [-0.25, -0.2) is 14.6 Å². The highest BCUT2D eigenvalue weighted by atomic mass is 16.4. The number of imidazole rings is 1. The average Bonchev–Trinajstić information content (AvgIpc) is 3.07. The van der Waals surface area contributed by atoms with Gasteiger partial charge in [0, 0.05) is 24.9 Å². The van der Waals surface area contributed by atoms with Crippen molar-refractivity contribution in [2.45, 2.75) is 38.6 Å². The Balaban J connectivity index is 1.77. The van der Waals surface area contributed by atoms with Gasteiger partial charge in [0.05, 0.1) is 6.33 Å². The molecule has 3 atom stereocenters. The van der Waals surface area contributed by atoms with Crippen LogP contribution in [0.25, 0.3) is 0 Å². The lowest BCUT2D eigenvalue weighted by atomic mass is 10.1. The van der Waals surface area contributed by atoms with Gasteiger partial charge in [-0.2, -0.15) is 0 Å². The maximum Gasteiger partial charge on any atom is 0.326 e. The number of aromatic amines is 1. The van der Waals surface area contributed by atoms with Crippen LogP contribution in [0.15, 0.2) is 12.5 Å². The van der Waals surface area contributed by atoms with Gasteiger partial charge in [-0.05, 0) is 24.7 Å². The predicted octanol–water partition coefficient (Wildman–Crippen LogP) is 1.14. The van der Waals surface area contributed by atoms with Crippen LogP contribution in [0.3, 0.4) is 0 Å². The Morgan fingerprint density at radius 2 is 2.33 bits per heavy atom. The predicted molar refractivity (Wildman–Crippen MR) is 76.8 cm³/mol. The number of amides is 2. The van der Waals surface area contributed by atoms with Crippen molar-refractivity contribution in [3.05, 3.63) is 18.2 Å². The molecule has 2 unspecified atom stereocenters. The summed E-state index contributed by atoms with van der Waals surface area (Å²) in [6.45, 7) is 2.82. The highest BCUT2D eigenvalue weighted by molar-refractivity contribution is 5.82. The average molecular weight is 294 g/mol. The summed E-state index contributed by atoms with van der Waals surface area (Å²) in [4.78, 5) is 29.7. The number of carbonyl (C=O) groups excluding carboxylic acids is 1. The zero-order valence-corrected chi connectivity index (χ0v) is 12.1. The Morgan fingerprint density at radius 3 is 2.90 bits per heavy atom. The van der Waals surface area contributed by atoms with E-state index in [9.17, 15) is 9.59 Å². The first kappa shape index (κ1) is 15.3. The van der Waals surface area contributed by atoms with E-state index in [0.29, 0.717) is 24.1 Å². The summed E-state index contributed by atoms with van der Waals surface area (Å²) >= 11 is 0. The van der Waals surface area contributed by atoms with E-state index in [1.807, 2.05) is 0 Å². The van der Waals surface area contributed by atoms with Gasteiger partial charge in [-0.15, -0.1) is 0 Å². The third kappa shape index (κ3) is 4.77. The van der Waals surface area contributed by atoms with Crippen LogP contribution in [0.2, 0.25) is 0 Å². The third-order valence-electron chi connectivity index (χ3n) is 3.94. The van der Waals surface area contributed by atoms with E-state index in [-0.39, 0.29) is 6.42 Å². The fourth-order valence-corrected chi connectivity index (χ4v) is 2.77. The number of carboxylic acid groups (broad SMARTS) is 1. The molecule has 1 aromatic heterocycles. The minimum Gasteiger partial charge on any atom is -0.480 e. The van der Waals surface area contributed by atoms with Crippen LogP contribution < -0.4 is 10.6 Å². The van der Waals surface area contributed by atoms with Crippen LogP contribution in [-0.4, -0.2) is 39.7 Å². The van der Waals surface area contributed by atoms with E-state index >= 15 is 0 Å². The molecule has 0 spiro atoms. The fourth-order valence-electron chi connectivity index (χ4n) is 2.77. The standard InChI is InChI=1S/C14H22N4O3/c1-9-2-3-10(4-9)6-16-14(21)18-12(13(19)20)5-11-7-15-8-17-11/h7-10,12H,2-6H2,1H3,(H,15,17)(H,19,20)(H2,16,18,21)/t9?,10?,12-/m1/s1. The van der Waals surface area contributed by atoms with E-state index in [4.69, 9.17) is 5.11 Å². The van der Waals surface area contributed by atoms with Gasteiger partial charge >= 0.3 is 12.0 Å². The van der Waals surface area contributed by atoms with Gasteiger partial charge in [-0.3, -0.25) is 0 Å². The number of urea groups is 1. The molecule has 116 valence electrons. The highest BCUT2D eigenvalue weighted by Crippen LogP contribution is 2.29. The Bertz CT molecular complexity index is 475. The van der Waals surface area contributed by atoms with E-state index < -0.39 is 18.0 Å². The van der Waals surface area contributed by atoms with Gasteiger partial charge in [0.15, 0.2) is 0 Å². The summed E-state index contributed by atoms with van der Waals surface area (Å²) in [6, 6.07) is -1.39. The number of H-pyrrole nitrogens is 1. The Labute approximate surface area is 123 Å².